The third kappa shape index (κ3) is 5.69. The molecule has 1 amide bonds. The van der Waals surface area contributed by atoms with E-state index in [0.717, 1.165) is 16.0 Å². The third-order valence-corrected chi connectivity index (χ3v) is 3.89. The van der Waals surface area contributed by atoms with Crippen LogP contribution in [0.3, 0.4) is 0 Å². The molecule has 21 heavy (non-hydrogen) atoms. The highest BCUT2D eigenvalue weighted by Crippen LogP contribution is 2.10. The molecule has 0 radical (unpaired) electrons. The molecule has 1 heterocycles. The molecule has 0 spiro atoms. The summed E-state index contributed by atoms with van der Waals surface area (Å²) in [6.45, 7) is 5.24. The first kappa shape index (κ1) is 15.7. The van der Waals surface area contributed by atoms with Crippen LogP contribution in [-0.4, -0.2) is 12.0 Å². The first-order valence-corrected chi connectivity index (χ1v) is 8.00. The molecule has 0 fully saturated rings. The van der Waals surface area contributed by atoms with Crippen LogP contribution < -0.4 is 5.32 Å². The molecule has 1 aromatic carbocycles. The van der Waals surface area contributed by atoms with Gasteiger partial charge < -0.3 is 10.1 Å². The van der Waals surface area contributed by atoms with Crippen LogP contribution in [0.4, 0.5) is 0 Å². The molecule has 0 unspecified atom stereocenters. The zero-order chi connectivity index (χ0) is 15.1. The highest BCUT2D eigenvalue weighted by atomic mass is 32.1. The Labute approximate surface area is 130 Å². The molecule has 0 aliphatic carbocycles. The van der Waals surface area contributed by atoms with Gasteiger partial charge in [0.1, 0.15) is 0 Å². The van der Waals surface area contributed by atoms with Gasteiger partial charge in [-0.3, -0.25) is 4.79 Å². The van der Waals surface area contributed by atoms with E-state index in [1.165, 1.54) is 0 Å². The summed E-state index contributed by atoms with van der Waals surface area (Å²) in [5, 5.41) is 4.93. The van der Waals surface area contributed by atoms with Crippen molar-refractivity contribution in [2.45, 2.75) is 39.5 Å². The average Bonchev–Trinajstić information content (AvgIpc) is 2.97. The third-order valence-electron chi connectivity index (χ3n) is 3.01. The molecule has 0 aliphatic heterocycles. The van der Waals surface area contributed by atoms with E-state index >= 15 is 0 Å². The van der Waals surface area contributed by atoms with Crippen molar-refractivity contribution < 1.29 is 9.53 Å². The van der Waals surface area contributed by atoms with Crippen molar-refractivity contribution in [3.05, 3.63) is 57.8 Å². The first-order chi connectivity index (χ1) is 10.1. The number of thiophene rings is 1. The largest absolute Gasteiger partial charge is 0.374 e. The minimum absolute atomic E-state index is 0.0599. The number of carbonyl (C=O) groups excluding carboxylic acids is 1. The predicted molar refractivity (Wildman–Crippen MR) is 86.2 cm³/mol. The lowest BCUT2D eigenvalue weighted by Gasteiger charge is -2.09. The normalized spacial score (nSPS) is 10.8. The van der Waals surface area contributed by atoms with Crippen LogP contribution in [0, 0.1) is 0 Å². The van der Waals surface area contributed by atoms with Crippen LogP contribution in [0.2, 0.25) is 0 Å². The number of nitrogens with one attached hydrogen (secondary N) is 1. The summed E-state index contributed by atoms with van der Waals surface area (Å²) in [6, 6.07) is 12.1. The highest BCUT2D eigenvalue weighted by molar-refractivity contribution is 7.10. The Hall–Kier alpha value is -1.65. The van der Waals surface area contributed by atoms with Crippen LogP contribution >= 0.6 is 11.3 Å². The number of benzene rings is 1. The Balaban J connectivity index is 1.76. The van der Waals surface area contributed by atoms with E-state index in [9.17, 15) is 4.79 Å². The van der Waals surface area contributed by atoms with Gasteiger partial charge >= 0.3 is 0 Å². The van der Waals surface area contributed by atoms with Crippen LogP contribution in [0.1, 0.15) is 29.9 Å². The van der Waals surface area contributed by atoms with E-state index in [1.807, 2.05) is 55.6 Å². The number of amides is 1. The predicted octanol–water partition coefficient (Wildman–Crippen LogP) is 3.53. The SMILES string of the molecule is CC(C)OCc1ccc(CNC(=O)Cc2cccs2)cc1. The highest BCUT2D eigenvalue weighted by Gasteiger charge is 2.04. The molecule has 3 nitrogen and oxygen atoms in total. The van der Waals surface area contributed by atoms with E-state index in [-0.39, 0.29) is 12.0 Å². The first-order valence-electron chi connectivity index (χ1n) is 7.12. The Bertz CT molecular complexity index is 547. The number of ether oxygens (including phenoxy) is 1. The lowest BCUT2D eigenvalue weighted by molar-refractivity contribution is -0.120. The number of hydrogen-bond donors (Lipinski definition) is 1. The maximum atomic E-state index is 11.8. The Morgan fingerprint density at radius 2 is 1.90 bits per heavy atom. The van der Waals surface area contributed by atoms with E-state index < -0.39 is 0 Å². The fraction of sp³-hybridized carbons (Fsp3) is 0.353. The van der Waals surface area contributed by atoms with Gasteiger partial charge in [-0.05, 0) is 36.4 Å². The maximum Gasteiger partial charge on any atom is 0.225 e. The summed E-state index contributed by atoms with van der Waals surface area (Å²) in [6.07, 6.45) is 0.694. The van der Waals surface area contributed by atoms with Gasteiger partial charge in [0, 0.05) is 11.4 Å². The number of rotatable bonds is 7. The van der Waals surface area contributed by atoms with Crippen LogP contribution in [0.5, 0.6) is 0 Å². The van der Waals surface area contributed by atoms with Crippen molar-refractivity contribution in [1.29, 1.82) is 0 Å². The van der Waals surface area contributed by atoms with Crippen molar-refractivity contribution >= 4 is 17.2 Å². The van der Waals surface area contributed by atoms with E-state index in [2.05, 4.69) is 5.32 Å². The van der Waals surface area contributed by atoms with Gasteiger partial charge in [0.2, 0.25) is 5.91 Å². The van der Waals surface area contributed by atoms with Crippen LogP contribution in [0.25, 0.3) is 0 Å². The fourth-order valence-corrected chi connectivity index (χ4v) is 2.55. The Morgan fingerprint density at radius 1 is 1.19 bits per heavy atom. The van der Waals surface area contributed by atoms with Gasteiger partial charge in [0.25, 0.3) is 0 Å². The molecule has 2 aromatic rings. The summed E-state index contributed by atoms with van der Waals surface area (Å²) in [5.74, 6) is 0.0599. The quantitative estimate of drug-likeness (QED) is 0.849. The standard InChI is InChI=1S/C17H21NO2S/c1-13(2)20-12-15-7-5-14(6-8-15)11-18-17(19)10-16-4-3-9-21-16/h3-9,13H,10-12H2,1-2H3,(H,18,19). The monoisotopic (exact) mass is 303 g/mol. The van der Waals surface area contributed by atoms with Gasteiger partial charge in [-0.15, -0.1) is 11.3 Å². The van der Waals surface area contributed by atoms with Crippen molar-refractivity contribution in [2.75, 3.05) is 0 Å². The smallest absolute Gasteiger partial charge is 0.225 e. The van der Waals surface area contributed by atoms with Crippen molar-refractivity contribution in [1.82, 2.24) is 5.32 Å². The van der Waals surface area contributed by atoms with Crippen molar-refractivity contribution in [3.8, 4) is 0 Å². The molecule has 112 valence electrons. The van der Waals surface area contributed by atoms with Crippen LogP contribution in [-0.2, 0) is 29.1 Å². The minimum atomic E-state index is 0.0599. The van der Waals surface area contributed by atoms with E-state index in [1.54, 1.807) is 11.3 Å². The van der Waals surface area contributed by atoms with Gasteiger partial charge in [-0.1, -0.05) is 30.3 Å². The lowest BCUT2D eigenvalue weighted by atomic mass is 10.1. The number of hydrogen-bond acceptors (Lipinski definition) is 3. The van der Waals surface area contributed by atoms with Gasteiger partial charge in [-0.25, -0.2) is 0 Å². The number of carbonyl (C=O) groups is 1. The molecule has 0 atom stereocenters. The summed E-state index contributed by atoms with van der Waals surface area (Å²) < 4.78 is 5.56. The molecule has 0 aliphatic rings. The molecule has 0 saturated carbocycles. The molecule has 4 heteroatoms. The second-order valence-electron chi connectivity index (χ2n) is 5.21. The average molecular weight is 303 g/mol. The van der Waals surface area contributed by atoms with Crippen molar-refractivity contribution in [2.24, 2.45) is 0 Å². The summed E-state index contributed by atoms with van der Waals surface area (Å²) in [7, 11) is 0. The summed E-state index contributed by atoms with van der Waals surface area (Å²) >= 11 is 1.61. The fourth-order valence-electron chi connectivity index (χ4n) is 1.85. The second-order valence-corrected chi connectivity index (χ2v) is 6.24. The topological polar surface area (TPSA) is 38.3 Å². The molecule has 0 saturated heterocycles. The zero-order valence-corrected chi connectivity index (χ0v) is 13.3. The second kappa shape index (κ2) is 7.96. The van der Waals surface area contributed by atoms with Gasteiger partial charge in [0.15, 0.2) is 0 Å². The summed E-state index contributed by atoms with van der Waals surface area (Å²) in [5.41, 5.74) is 2.25. The van der Waals surface area contributed by atoms with E-state index in [0.29, 0.717) is 19.6 Å². The zero-order valence-electron chi connectivity index (χ0n) is 12.5. The van der Waals surface area contributed by atoms with Crippen molar-refractivity contribution in [3.63, 3.8) is 0 Å². The molecule has 2 rings (SSSR count). The van der Waals surface area contributed by atoms with E-state index in [4.69, 9.17) is 4.74 Å². The Morgan fingerprint density at radius 3 is 2.52 bits per heavy atom. The minimum Gasteiger partial charge on any atom is -0.374 e. The maximum absolute atomic E-state index is 11.8. The molecule has 1 N–H and O–H groups in total. The van der Waals surface area contributed by atoms with Gasteiger partial charge in [0.05, 0.1) is 19.1 Å². The van der Waals surface area contributed by atoms with Gasteiger partial charge in [-0.2, -0.15) is 0 Å². The lowest BCUT2D eigenvalue weighted by Crippen LogP contribution is -2.24. The van der Waals surface area contributed by atoms with Crippen LogP contribution in [0.15, 0.2) is 41.8 Å². The molecular formula is C17H21NO2S. The molecular weight excluding hydrogens is 282 g/mol. The molecule has 1 aromatic heterocycles. The molecule has 0 bridgehead atoms. The Kier molecular flexibility index (Phi) is 5.96. The summed E-state index contributed by atoms with van der Waals surface area (Å²) in [4.78, 5) is 12.9.